The highest BCUT2D eigenvalue weighted by atomic mass is 79.9. The maximum Gasteiger partial charge on any atom is 0.307 e. The molecular formula is C10H7BrClNO2. The maximum absolute atomic E-state index is 10.5. The van der Waals surface area contributed by atoms with Gasteiger partial charge in [0.05, 0.1) is 12.0 Å². The van der Waals surface area contributed by atoms with E-state index < -0.39 is 5.97 Å². The minimum Gasteiger partial charge on any atom is -0.481 e. The molecule has 15 heavy (non-hydrogen) atoms. The Hall–Kier alpha value is -1.05. The molecule has 0 fully saturated rings. The van der Waals surface area contributed by atoms with Gasteiger partial charge in [0.25, 0.3) is 0 Å². The van der Waals surface area contributed by atoms with Gasteiger partial charge in [-0.2, -0.15) is 5.26 Å². The molecule has 0 bridgehead atoms. The number of alkyl halides is 1. The van der Waals surface area contributed by atoms with Crippen LogP contribution < -0.4 is 0 Å². The second-order valence-corrected chi connectivity index (χ2v) is 3.95. The smallest absolute Gasteiger partial charge is 0.307 e. The SMILES string of the molecule is N#Cc1c(CCl)ccc(CC(=O)O)c1Br. The molecule has 0 saturated carbocycles. The van der Waals surface area contributed by atoms with E-state index in [9.17, 15) is 4.79 Å². The van der Waals surface area contributed by atoms with Crippen LogP contribution in [0.15, 0.2) is 16.6 Å². The van der Waals surface area contributed by atoms with Crippen molar-refractivity contribution in [2.45, 2.75) is 12.3 Å². The zero-order valence-electron chi connectivity index (χ0n) is 7.63. The molecule has 3 nitrogen and oxygen atoms in total. The minimum absolute atomic E-state index is 0.113. The summed E-state index contributed by atoms with van der Waals surface area (Å²) >= 11 is 8.87. The van der Waals surface area contributed by atoms with Crippen molar-refractivity contribution in [1.82, 2.24) is 0 Å². The summed E-state index contributed by atoms with van der Waals surface area (Å²) in [5.41, 5.74) is 1.68. The first-order chi connectivity index (χ1) is 7.10. The lowest BCUT2D eigenvalue weighted by atomic mass is 10.0. The van der Waals surface area contributed by atoms with Crippen LogP contribution in [0, 0.1) is 11.3 Å². The van der Waals surface area contributed by atoms with Gasteiger partial charge in [0.2, 0.25) is 0 Å². The maximum atomic E-state index is 10.5. The second-order valence-electron chi connectivity index (χ2n) is 2.89. The number of rotatable bonds is 3. The standard InChI is InChI=1S/C10H7BrClNO2/c11-10-6(3-9(14)15)1-2-7(4-12)8(10)5-13/h1-2H,3-4H2,(H,14,15). The van der Waals surface area contributed by atoms with E-state index in [4.69, 9.17) is 22.0 Å². The highest BCUT2D eigenvalue weighted by Crippen LogP contribution is 2.26. The first-order valence-corrected chi connectivity index (χ1v) is 5.41. The fraction of sp³-hybridized carbons (Fsp3) is 0.200. The van der Waals surface area contributed by atoms with Crippen molar-refractivity contribution >= 4 is 33.5 Å². The third-order valence-corrected chi connectivity index (χ3v) is 3.10. The summed E-state index contributed by atoms with van der Waals surface area (Å²) in [5, 5.41) is 17.6. The van der Waals surface area contributed by atoms with Gasteiger partial charge < -0.3 is 5.11 Å². The van der Waals surface area contributed by atoms with Gasteiger partial charge in [-0.25, -0.2) is 0 Å². The number of carboxylic acid groups (broad SMARTS) is 1. The van der Waals surface area contributed by atoms with E-state index >= 15 is 0 Å². The van der Waals surface area contributed by atoms with E-state index in [1.807, 2.05) is 6.07 Å². The molecule has 1 N–H and O–H groups in total. The van der Waals surface area contributed by atoms with Crippen LogP contribution in [0.2, 0.25) is 0 Å². The van der Waals surface area contributed by atoms with Crippen molar-refractivity contribution < 1.29 is 9.90 Å². The highest BCUT2D eigenvalue weighted by molar-refractivity contribution is 9.10. The molecule has 1 aromatic carbocycles. The Bertz CT molecular complexity index is 440. The van der Waals surface area contributed by atoms with Gasteiger partial charge in [-0.05, 0) is 27.1 Å². The number of nitrogens with zero attached hydrogens (tertiary/aromatic N) is 1. The van der Waals surface area contributed by atoms with E-state index in [0.29, 0.717) is 21.2 Å². The quantitative estimate of drug-likeness (QED) is 0.870. The van der Waals surface area contributed by atoms with Gasteiger partial charge in [-0.15, -0.1) is 11.6 Å². The van der Waals surface area contributed by atoms with Gasteiger partial charge in [0.15, 0.2) is 0 Å². The first-order valence-electron chi connectivity index (χ1n) is 4.08. The molecule has 0 saturated heterocycles. The van der Waals surface area contributed by atoms with Crippen LogP contribution in [0.25, 0.3) is 0 Å². The minimum atomic E-state index is -0.932. The first kappa shape index (κ1) is 12.0. The van der Waals surface area contributed by atoms with Gasteiger partial charge in [-0.3, -0.25) is 4.79 Å². The van der Waals surface area contributed by atoms with Crippen molar-refractivity contribution in [3.8, 4) is 6.07 Å². The van der Waals surface area contributed by atoms with Crippen LogP contribution >= 0.6 is 27.5 Å². The normalized spacial score (nSPS) is 9.67. The molecule has 0 heterocycles. The summed E-state index contributed by atoms with van der Waals surface area (Å²) in [6, 6.07) is 5.34. The third kappa shape index (κ3) is 2.71. The Labute approximate surface area is 100 Å². The highest BCUT2D eigenvalue weighted by Gasteiger charge is 2.12. The zero-order chi connectivity index (χ0) is 11.4. The van der Waals surface area contributed by atoms with Crippen LogP contribution in [-0.2, 0) is 17.1 Å². The molecule has 0 aliphatic heterocycles. The van der Waals surface area contributed by atoms with Crippen molar-refractivity contribution in [2.24, 2.45) is 0 Å². The molecule has 0 atom stereocenters. The molecule has 78 valence electrons. The van der Waals surface area contributed by atoms with E-state index in [1.165, 1.54) is 0 Å². The number of aliphatic carboxylic acids is 1. The molecule has 5 heteroatoms. The van der Waals surface area contributed by atoms with Gasteiger partial charge >= 0.3 is 5.97 Å². The van der Waals surface area contributed by atoms with Gasteiger partial charge in [0, 0.05) is 10.4 Å². The fourth-order valence-corrected chi connectivity index (χ4v) is 2.03. The average molecular weight is 289 g/mol. The van der Waals surface area contributed by atoms with Crippen molar-refractivity contribution in [2.75, 3.05) is 0 Å². The molecule has 0 aliphatic carbocycles. The van der Waals surface area contributed by atoms with Gasteiger partial charge in [-0.1, -0.05) is 12.1 Å². The molecule has 0 amide bonds. The molecule has 1 rings (SSSR count). The van der Waals surface area contributed by atoms with E-state index in [-0.39, 0.29) is 12.3 Å². The van der Waals surface area contributed by atoms with Crippen LogP contribution in [-0.4, -0.2) is 11.1 Å². The van der Waals surface area contributed by atoms with Gasteiger partial charge in [0.1, 0.15) is 6.07 Å². The Balaban J connectivity index is 3.24. The Kier molecular flexibility index (Phi) is 4.13. The van der Waals surface area contributed by atoms with E-state index in [1.54, 1.807) is 12.1 Å². The Morgan fingerprint density at radius 3 is 2.60 bits per heavy atom. The summed E-state index contributed by atoms with van der Waals surface area (Å²) in [5.74, 6) is -0.701. The predicted molar refractivity (Wildman–Crippen MR) is 59.8 cm³/mol. The summed E-state index contributed by atoms with van der Waals surface area (Å²) < 4.78 is 0.519. The van der Waals surface area contributed by atoms with Crippen molar-refractivity contribution in [3.05, 3.63) is 33.3 Å². The van der Waals surface area contributed by atoms with Crippen LogP contribution in [0.5, 0.6) is 0 Å². The third-order valence-electron chi connectivity index (χ3n) is 1.91. The second kappa shape index (κ2) is 5.15. The number of hydrogen-bond acceptors (Lipinski definition) is 2. The molecule has 0 aliphatic rings. The average Bonchev–Trinajstić information content (AvgIpc) is 2.20. The number of carboxylic acids is 1. The molecule has 0 unspecified atom stereocenters. The molecule has 0 aromatic heterocycles. The lowest BCUT2D eigenvalue weighted by molar-refractivity contribution is -0.136. The Morgan fingerprint density at radius 1 is 1.53 bits per heavy atom. The summed E-state index contributed by atoms with van der Waals surface area (Å²) in [6.07, 6.45) is -0.113. The molecule has 0 radical (unpaired) electrons. The predicted octanol–water partition coefficient (Wildman–Crippen LogP) is 2.69. The summed E-state index contributed by atoms with van der Waals surface area (Å²) in [4.78, 5) is 10.5. The van der Waals surface area contributed by atoms with Crippen LogP contribution in [0.4, 0.5) is 0 Å². The van der Waals surface area contributed by atoms with Crippen LogP contribution in [0.3, 0.4) is 0 Å². The fourth-order valence-electron chi connectivity index (χ4n) is 1.19. The zero-order valence-corrected chi connectivity index (χ0v) is 9.97. The lowest BCUT2D eigenvalue weighted by Crippen LogP contribution is -2.02. The number of carbonyl (C=O) groups is 1. The van der Waals surface area contributed by atoms with Crippen LogP contribution in [0.1, 0.15) is 16.7 Å². The number of nitriles is 1. The molecule has 0 spiro atoms. The largest absolute Gasteiger partial charge is 0.481 e. The molecule has 1 aromatic rings. The monoisotopic (exact) mass is 287 g/mol. The van der Waals surface area contributed by atoms with Crippen molar-refractivity contribution in [1.29, 1.82) is 5.26 Å². The number of halogens is 2. The van der Waals surface area contributed by atoms with Crippen molar-refractivity contribution in [3.63, 3.8) is 0 Å². The Morgan fingerprint density at radius 2 is 2.13 bits per heavy atom. The summed E-state index contributed by atoms with van der Waals surface area (Å²) in [6.45, 7) is 0. The number of benzene rings is 1. The summed E-state index contributed by atoms with van der Waals surface area (Å²) in [7, 11) is 0. The molecular weight excluding hydrogens is 281 g/mol. The number of hydrogen-bond donors (Lipinski definition) is 1. The van der Waals surface area contributed by atoms with E-state index in [0.717, 1.165) is 0 Å². The van der Waals surface area contributed by atoms with E-state index in [2.05, 4.69) is 15.9 Å². The lowest BCUT2D eigenvalue weighted by Gasteiger charge is -2.06. The topological polar surface area (TPSA) is 61.1 Å².